The van der Waals surface area contributed by atoms with Gasteiger partial charge in [-0.25, -0.2) is 4.79 Å². The van der Waals surface area contributed by atoms with Crippen LogP contribution >= 0.6 is 0 Å². The molecule has 2 aliphatic rings. The number of ketones is 1. The molecular weight excluding hydrogens is 450 g/mol. The lowest BCUT2D eigenvalue weighted by Gasteiger charge is -2.38. The number of likely N-dealkylation sites (tertiary alicyclic amines) is 2. The van der Waals surface area contributed by atoms with Gasteiger partial charge in [0.05, 0.1) is 30.9 Å². The molecule has 0 aliphatic carbocycles. The molecule has 2 aromatic rings. The number of methoxy groups -OCH3 is 1. The summed E-state index contributed by atoms with van der Waals surface area (Å²) in [4.78, 5) is 46.1. The average Bonchev–Trinajstić information content (AvgIpc) is 3.14. The Balaban J connectivity index is 1.76. The molecule has 4 rings (SSSR count). The van der Waals surface area contributed by atoms with Gasteiger partial charge in [-0.2, -0.15) is 0 Å². The number of rotatable bonds is 5. The van der Waals surface area contributed by atoms with Crippen LogP contribution in [0.5, 0.6) is 5.75 Å². The number of ether oxygens (including phenoxy) is 2. The van der Waals surface area contributed by atoms with Crippen LogP contribution in [0, 0.1) is 6.92 Å². The van der Waals surface area contributed by atoms with Gasteiger partial charge < -0.3 is 24.4 Å². The number of hydrogen-bond acceptors (Lipinski definition) is 7. The van der Waals surface area contributed by atoms with Crippen LogP contribution in [-0.2, 0) is 14.3 Å². The SMILES string of the molecule is CCOC(=O)N1CCC(N2C(=O)C(=O)/C(=C(/O)c3cc(C)ccc3OC)C2c2cccnc2)CC1. The highest BCUT2D eigenvalue weighted by molar-refractivity contribution is 6.46. The van der Waals surface area contributed by atoms with Crippen LogP contribution in [0.3, 0.4) is 0 Å². The number of carbonyl (C=O) groups is 3. The van der Waals surface area contributed by atoms with Crippen molar-refractivity contribution >= 4 is 23.5 Å². The molecule has 1 atom stereocenters. The van der Waals surface area contributed by atoms with Gasteiger partial charge in [-0.1, -0.05) is 17.7 Å². The average molecular weight is 480 g/mol. The molecule has 0 bridgehead atoms. The summed E-state index contributed by atoms with van der Waals surface area (Å²) in [5.41, 5.74) is 1.83. The number of aliphatic hydroxyl groups is 1. The van der Waals surface area contributed by atoms with Gasteiger partial charge in [-0.05, 0) is 50.5 Å². The van der Waals surface area contributed by atoms with Gasteiger partial charge in [0.25, 0.3) is 11.7 Å². The number of aliphatic hydroxyl groups excluding tert-OH is 1. The van der Waals surface area contributed by atoms with E-state index in [0.29, 0.717) is 42.8 Å². The first-order chi connectivity index (χ1) is 16.9. The highest BCUT2D eigenvalue weighted by Gasteiger charge is 2.49. The van der Waals surface area contributed by atoms with Crippen LogP contribution in [0.25, 0.3) is 5.76 Å². The second kappa shape index (κ2) is 10.2. The van der Waals surface area contributed by atoms with E-state index in [4.69, 9.17) is 9.47 Å². The molecule has 1 aromatic heterocycles. The topological polar surface area (TPSA) is 109 Å². The number of pyridine rings is 1. The summed E-state index contributed by atoms with van der Waals surface area (Å²) >= 11 is 0. The van der Waals surface area contributed by atoms with E-state index >= 15 is 0 Å². The summed E-state index contributed by atoms with van der Waals surface area (Å²) in [5, 5.41) is 11.4. The summed E-state index contributed by atoms with van der Waals surface area (Å²) in [6, 6.07) is 7.67. The number of piperidine rings is 1. The molecule has 2 aliphatic heterocycles. The van der Waals surface area contributed by atoms with Crippen LogP contribution in [0.15, 0.2) is 48.3 Å². The Morgan fingerprint density at radius 1 is 1.20 bits per heavy atom. The van der Waals surface area contributed by atoms with E-state index in [1.807, 2.05) is 13.0 Å². The number of hydrogen-bond donors (Lipinski definition) is 1. The number of nitrogens with zero attached hydrogens (tertiary/aromatic N) is 3. The maximum absolute atomic E-state index is 13.3. The maximum Gasteiger partial charge on any atom is 0.409 e. The Morgan fingerprint density at radius 2 is 1.94 bits per heavy atom. The predicted molar refractivity (Wildman–Crippen MR) is 128 cm³/mol. The third-order valence-corrected chi connectivity index (χ3v) is 6.47. The van der Waals surface area contributed by atoms with Crippen molar-refractivity contribution in [2.75, 3.05) is 26.8 Å². The molecule has 35 heavy (non-hydrogen) atoms. The largest absolute Gasteiger partial charge is 0.507 e. The van der Waals surface area contributed by atoms with Gasteiger partial charge >= 0.3 is 6.09 Å². The molecule has 1 unspecified atom stereocenters. The van der Waals surface area contributed by atoms with Crippen molar-refractivity contribution in [1.29, 1.82) is 0 Å². The Hall–Kier alpha value is -3.88. The van der Waals surface area contributed by atoms with Gasteiger partial charge in [-0.15, -0.1) is 0 Å². The normalized spacial score (nSPS) is 20.3. The van der Waals surface area contributed by atoms with Crippen molar-refractivity contribution < 1.29 is 29.0 Å². The molecule has 2 saturated heterocycles. The fourth-order valence-electron chi connectivity index (χ4n) is 4.78. The number of benzene rings is 1. The summed E-state index contributed by atoms with van der Waals surface area (Å²) in [5.74, 6) is -1.33. The first-order valence-electron chi connectivity index (χ1n) is 11.6. The highest BCUT2D eigenvalue weighted by atomic mass is 16.6. The van der Waals surface area contributed by atoms with E-state index in [1.165, 1.54) is 12.0 Å². The van der Waals surface area contributed by atoms with Crippen molar-refractivity contribution in [1.82, 2.24) is 14.8 Å². The molecule has 2 amide bonds. The molecular formula is C26H29N3O6. The molecule has 9 heteroatoms. The minimum atomic E-state index is -0.812. The first-order valence-corrected chi connectivity index (χ1v) is 11.6. The van der Waals surface area contributed by atoms with Crippen molar-refractivity contribution in [2.24, 2.45) is 0 Å². The molecule has 1 N–H and O–H groups in total. The van der Waals surface area contributed by atoms with E-state index in [0.717, 1.165) is 5.56 Å². The number of carbonyl (C=O) groups excluding carboxylic acids is 3. The number of aromatic nitrogens is 1. The van der Waals surface area contributed by atoms with Gasteiger partial charge in [0.2, 0.25) is 0 Å². The van der Waals surface area contributed by atoms with Crippen molar-refractivity contribution in [3.8, 4) is 5.75 Å². The van der Waals surface area contributed by atoms with Crippen LogP contribution in [0.2, 0.25) is 0 Å². The third kappa shape index (κ3) is 4.58. The Morgan fingerprint density at radius 3 is 2.57 bits per heavy atom. The predicted octanol–water partition coefficient (Wildman–Crippen LogP) is 3.44. The van der Waals surface area contributed by atoms with Crippen molar-refractivity contribution in [2.45, 2.75) is 38.8 Å². The summed E-state index contributed by atoms with van der Waals surface area (Å²) in [6.07, 6.45) is 3.78. The minimum Gasteiger partial charge on any atom is -0.507 e. The van der Waals surface area contributed by atoms with Crippen LogP contribution in [-0.4, -0.2) is 70.5 Å². The fourth-order valence-corrected chi connectivity index (χ4v) is 4.78. The molecule has 0 radical (unpaired) electrons. The lowest BCUT2D eigenvalue weighted by molar-refractivity contribution is -0.142. The van der Waals surface area contributed by atoms with Crippen LogP contribution < -0.4 is 4.74 Å². The first kappa shape index (κ1) is 24.3. The zero-order valence-electron chi connectivity index (χ0n) is 20.1. The molecule has 3 heterocycles. The molecule has 9 nitrogen and oxygen atoms in total. The van der Waals surface area contributed by atoms with E-state index in [1.54, 1.807) is 48.5 Å². The number of aryl methyl sites for hydroxylation is 1. The highest BCUT2D eigenvalue weighted by Crippen LogP contribution is 2.43. The molecule has 0 saturated carbocycles. The third-order valence-electron chi connectivity index (χ3n) is 6.47. The van der Waals surface area contributed by atoms with E-state index < -0.39 is 17.7 Å². The van der Waals surface area contributed by atoms with Crippen molar-refractivity contribution in [3.05, 3.63) is 65.0 Å². The molecule has 0 spiro atoms. The van der Waals surface area contributed by atoms with Crippen LogP contribution in [0.1, 0.15) is 42.5 Å². The zero-order valence-corrected chi connectivity index (χ0v) is 20.1. The zero-order chi connectivity index (χ0) is 25.1. The van der Waals surface area contributed by atoms with Gasteiger partial charge in [0.15, 0.2) is 0 Å². The van der Waals surface area contributed by atoms with Gasteiger partial charge in [0.1, 0.15) is 11.5 Å². The smallest absolute Gasteiger partial charge is 0.409 e. The second-order valence-electron chi connectivity index (χ2n) is 8.61. The maximum atomic E-state index is 13.3. The van der Waals surface area contributed by atoms with Crippen molar-refractivity contribution in [3.63, 3.8) is 0 Å². The van der Waals surface area contributed by atoms with E-state index in [2.05, 4.69) is 4.98 Å². The minimum absolute atomic E-state index is 0.000257. The monoisotopic (exact) mass is 479 g/mol. The van der Waals surface area contributed by atoms with Crippen LogP contribution in [0.4, 0.5) is 4.79 Å². The summed E-state index contributed by atoms with van der Waals surface area (Å²) in [7, 11) is 1.48. The molecule has 2 fully saturated rings. The quantitative estimate of drug-likeness (QED) is 0.397. The Bertz CT molecular complexity index is 1150. The molecule has 1 aromatic carbocycles. The van der Waals surface area contributed by atoms with E-state index in [9.17, 15) is 19.5 Å². The standard InChI is InChI=1S/C26H29N3O6/c1-4-35-26(33)28-12-9-18(10-13-28)29-22(17-6-5-11-27-15-17)21(24(31)25(29)32)23(30)19-14-16(2)7-8-20(19)34-3/h5-8,11,14-15,18,22,30H,4,9-10,12-13H2,1-3H3/b23-21+. The Labute approximate surface area is 204 Å². The van der Waals surface area contributed by atoms with E-state index in [-0.39, 0.29) is 30.1 Å². The number of amides is 2. The second-order valence-corrected chi connectivity index (χ2v) is 8.61. The fraction of sp³-hybridized carbons (Fsp3) is 0.385. The number of Topliss-reactive ketones (excluding diaryl/α,β-unsaturated/α-hetero) is 1. The Kier molecular flexibility index (Phi) is 7.04. The lowest BCUT2D eigenvalue weighted by atomic mass is 9.94. The van der Waals surface area contributed by atoms with Gasteiger partial charge in [-0.3, -0.25) is 14.6 Å². The summed E-state index contributed by atoms with van der Waals surface area (Å²) < 4.78 is 10.5. The molecule has 184 valence electrons. The lowest BCUT2D eigenvalue weighted by Crippen LogP contribution is -2.48. The van der Waals surface area contributed by atoms with Gasteiger partial charge in [0, 0.05) is 31.5 Å². The summed E-state index contributed by atoms with van der Waals surface area (Å²) in [6.45, 7) is 4.71.